The van der Waals surface area contributed by atoms with Crippen molar-refractivity contribution < 1.29 is 14.7 Å². The Morgan fingerprint density at radius 1 is 1.35 bits per heavy atom. The predicted octanol–water partition coefficient (Wildman–Crippen LogP) is 1.17. The van der Waals surface area contributed by atoms with Crippen molar-refractivity contribution in [1.29, 1.82) is 0 Å². The molecule has 1 heterocycles. The number of carbonyl (C=O) groups is 1. The first kappa shape index (κ1) is 14.3. The lowest BCUT2D eigenvalue weighted by atomic mass is 9.98. The zero-order valence-electron chi connectivity index (χ0n) is 11.5. The number of amidine groups is 1. The summed E-state index contributed by atoms with van der Waals surface area (Å²) in [5.74, 6) is 0.178. The van der Waals surface area contributed by atoms with E-state index in [0.29, 0.717) is 18.8 Å². The van der Waals surface area contributed by atoms with Crippen molar-refractivity contribution in [2.45, 2.75) is 12.8 Å². The molecular weight excluding hydrogens is 258 g/mol. The summed E-state index contributed by atoms with van der Waals surface area (Å²) >= 11 is 0. The monoisotopic (exact) mass is 277 g/mol. The van der Waals surface area contributed by atoms with Crippen LogP contribution in [0, 0.1) is 5.92 Å². The van der Waals surface area contributed by atoms with Crippen LogP contribution in [0.3, 0.4) is 0 Å². The van der Waals surface area contributed by atoms with Gasteiger partial charge >= 0.3 is 0 Å². The van der Waals surface area contributed by atoms with Gasteiger partial charge in [-0.25, -0.2) is 0 Å². The summed E-state index contributed by atoms with van der Waals surface area (Å²) in [6.07, 6.45) is 1.54. The molecule has 3 N–H and O–H groups in total. The molecule has 1 saturated heterocycles. The molecular formula is C14H19N3O3. The van der Waals surface area contributed by atoms with Gasteiger partial charge < -0.3 is 20.6 Å². The highest BCUT2D eigenvalue weighted by molar-refractivity contribution is 5.98. The van der Waals surface area contributed by atoms with E-state index >= 15 is 0 Å². The number of ether oxygens (including phenoxy) is 1. The maximum Gasteiger partial charge on any atom is 0.230 e. The van der Waals surface area contributed by atoms with Crippen molar-refractivity contribution >= 4 is 17.4 Å². The van der Waals surface area contributed by atoms with Crippen molar-refractivity contribution in [1.82, 2.24) is 0 Å². The highest BCUT2D eigenvalue weighted by Crippen LogP contribution is 2.21. The number of oxime groups is 1. The Kier molecular flexibility index (Phi) is 4.57. The van der Waals surface area contributed by atoms with Gasteiger partial charge in [-0.15, -0.1) is 0 Å². The van der Waals surface area contributed by atoms with Gasteiger partial charge in [-0.3, -0.25) is 4.79 Å². The zero-order valence-corrected chi connectivity index (χ0v) is 11.5. The van der Waals surface area contributed by atoms with E-state index in [9.17, 15) is 4.79 Å². The maximum absolute atomic E-state index is 12.4. The van der Waals surface area contributed by atoms with Crippen molar-refractivity contribution in [3.8, 4) is 0 Å². The van der Waals surface area contributed by atoms with Crippen LogP contribution in [0.2, 0.25) is 0 Å². The fourth-order valence-electron chi connectivity index (χ4n) is 2.26. The van der Waals surface area contributed by atoms with Gasteiger partial charge in [0.1, 0.15) is 0 Å². The van der Waals surface area contributed by atoms with Crippen molar-refractivity contribution in [3.05, 3.63) is 29.8 Å². The summed E-state index contributed by atoms with van der Waals surface area (Å²) in [6, 6.07) is 7.01. The van der Waals surface area contributed by atoms with Crippen molar-refractivity contribution in [3.63, 3.8) is 0 Å². The number of nitrogens with zero attached hydrogens (tertiary/aromatic N) is 2. The zero-order chi connectivity index (χ0) is 14.5. The van der Waals surface area contributed by atoms with Gasteiger partial charge in [-0.1, -0.05) is 5.16 Å². The molecule has 1 aliphatic rings. The first-order chi connectivity index (χ1) is 9.63. The van der Waals surface area contributed by atoms with Crippen molar-refractivity contribution in [2.24, 2.45) is 16.8 Å². The van der Waals surface area contributed by atoms with Gasteiger partial charge in [0.25, 0.3) is 0 Å². The van der Waals surface area contributed by atoms with Gasteiger partial charge in [0.05, 0.1) is 0 Å². The van der Waals surface area contributed by atoms with Crippen LogP contribution in [0.4, 0.5) is 5.69 Å². The van der Waals surface area contributed by atoms with E-state index < -0.39 is 0 Å². The summed E-state index contributed by atoms with van der Waals surface area (Å²) in [5.41, 5.74) is 6.90. The second kappa shape index (κ2) is 6.38. The lowest BCUT2D eigenvalue weighted by Crippen LogP contribution is -2.35. The lowest BCUT2D eigenvalue weighted by molar-refractivity contribution is -0.124. The maximum atomic E-state index is 12.4. The highest BCUT2D eigenvalue weighted by atomic mass is 16.5. The third kappa shape index (κ3) is 3.08. The Balaban J connectivity index is 2.08. The average Bonchev–Trinajstić information content (AvgIpc) is 2.53. The number of nitrogens with two attached hydrogens (primary N) is 1. The Labute approximate surface area is 117 Å². The molecule has 0 spiro atoms. The molecule has 6 heteroatoms. The fraction of sp³-hybridized carbons (Fsp3) is 0.429. The van der Waals surface area contributed by atoms with E-state index in [2.05, 4.69) is 5.16 Å². The lowest BCUT2D eigenvalue weighted by Gasteiger charge is -2.26. The molecule has 0 aromatic heterocycles. The van der Waals surface area contributed by atoms with Crippen LogP contribution in [0.25, 0.3) is 0 Å². The Morgan fingerprint density at radius 2 is 1.95 bits per heavy atom. The number of amides is 1. The van der Waals surface area contributed by atoms with E-state index in [1.807, 2.05) is 0 Å². The van der Waals surface area contributed by atoms with E-state index in [1.165, 1.54) is 0 Å². The van der Waals surface area contributed by atoms with E-state index in [1.54, 1.807) is 36.2 Å². The average molecular weight is 277 g/mol. The first-order valence-electron chi connectivity index (χ1n) is 6.56. The van der Waals surface area contributed by atoms with E-state index in [0.717, 1.165) is 18.5 Å². The minimum absolute atomic E-state index is 0.0255. The first-order valence-corrected chi connectivity index (χ1v) is 6.56. The molecule has 1 amide bonds. The Morgan fingerprint density at radius 3 is 2.50 bits per heavy atom. The molecule has 0 bridgehead atoms. The van der Waals surface area contributed by atoms with Gasteiger partial charge in [-0.05, 0) is 37.1 Å². The minimum atomic E-state index is 0.0255. The quantitative estimate of drug-likeness (QED) is 0.376. The second-order valence-electron chi connectivity index (χ2n) is 4.82. The van der Waals surface area contributed by atoms with Gasteiger partial charge in [0.2, 0.25) is 5.91 Å². The number of anilines is 1. The molecule has 108 valence electrons. The third-order valence-corrected chi connectivity index (χ3v) is 3.56. The number of rotatable bonds is 3. The standard InChI is InChI=1S/C14H19N3O3/c1-17(14(18)11-6-8-20-9-7-11)12-4-2-10(3-5-12)13(15)16-19/h2-5,11,19H,6-9H2,1H3,(H2,15,16). The summed E-state index contributed by atoms with van der Waals surface area (Å²) < 4.78 is 5.27. The molecule has 0 unspecified atom stereocenters. The minimum Gasteiger partial charge on any atom is -0.409 e. The van der Waals surface area contributed by atoms with Crippen LogP contribution in [-0.2, 0) is 9.53 Å². The van der Waals surface area contributed by atoms with Crippen LogP contribution in [0.1, 0.15) is 18.4 Å². The van der Waals surface area contributed by atoms with E-state index in [-0.39, 0.29) is 17.7 Å². The molecule has 1 aromatic carbocycles. The Hall–Kier alpha value is -2.08. The summed E-state index contributed by atoms with van der Waals surface area (Å²) in [6.45, 7) is 1.29. The van der Waals surface area contributed by atoms with Crippen LogP contribution >= 0.6 is 0 Å². The molecule has 2 rings (SSSR count). The summed E-state index contributed by atoms with van der Waals surface area (Å²) in [7, 11) is 1.76. The number of carbonyl (C=O) groups excluding carboxylic acids is 1. The molecule has 0 aliphatic carbocycles. The third-order valence-electron chi connectivity index (χ3n) is 3.56. The van der Waals surface area contributed by atoms with E-state index in [4.69, 9.17) is 15.7 Å². The topological polar surface area (TPSA) is 88.2 Å². The molecule has 1 aromatic rings. The van der Waals surface area contributed by atoms with Gasteiger partial charge in [-0.2, -0.15) is 0 Å². The van der Waals surface area contributed by atoms with Crippen LogP contribution in [-0.4, -0.2) is 37.2 Å². The van der Waals surface area contributed by atoms with Crippen LogP contribution in [0.15, 0.2) is 29.4 Å². The second-order valence-corrected chi connectivity index (χ2v) is 4.82. The Bertz CT molecular complexity index is 493. The smallest absolute Gasteiger partial charge is 0.230 e. The molecule has 1 fully saturated rings. The highest BCUT2D eigenvalue weighted by Gasteiger charge is 2.25. The summed E-state index contributed by atoms with van der Waals surface area (Å²) in [4.78, 5) is 14.0. The molecule has 0 saturated carbocycles. The van der Waals surface area contributed by atoms with Gasteiger partial charge in [0, 0.05) is 37.4 Å². The largest absolute Gasteiger partial charge is 0.409 e. The SMILES string of the molecule is CN(C(=O)C1CCOCC1)c1ccc(C(N)=NO)cc1. The number of hydrogen-bond acceptors (Lipinski definition) is 4. The molecule has 6 nitrogen and oxygen atoms in total. The van der Waals surface area contributed by atoms with Crippen LogP contribution < -0.4 is 10.6 Å². The number of benzene rings is 1. The molecule has 0 atom stereocenters. The normalized spacial score (nSPS) is 16.9. The molecule has 20 heavy (non-hydrogen) atoms. The predicted molar refractivity (Wildman–Crippen MR) is 75.9 cm³/mol. The fourth-order valence-corrected chi connectivity index (χ4v) is 2.26. The van der Waals surface area contributed by atoms with Crippen molar-refractivity contribution in [2.75, 3.05) is 25.2 Å². The molecule has 1 aliphatic heterocycles. The molecule has 0 radical (unpaired) electrons. The van der Waals surface area contributed by atoms with Crippen LogP contribution in [0.5, 0.6) is 0 Å². The summed E-state index contributed by atoms with van der Waals surface area (Å²) in [5, 5.41) is 11.6. The number of hydrogen-bond donors (Lipinski definition) is 2. The van der Waals surface area contributed by atoms with Gasteiger partial charge in [0.15, 0.2) is 5.84 Å².